The number of nitrogens with zero attached hydrogens (tertiary/aromatic N) is 3. The molecule has 0 atom stereocenters. The zero-order valence-electron chi connectivity index (χ0n) is 24.7. The van der Waals surface area contributed by atoms with Crippen LogP contribution < -0.4 is 43.4 Å². The normalized spacial score (nSPS) is 11.5. The first-order chi connectivity index (χ1) is 17.4. The van der Waals surface area contributed by atoms with Crippen LogP contribution in [-0.4, -0.2) is 45.3 Å². The van der Waals surface area contributed by atoms with Crippen molar-refractivity contribution in [1.29, 1.82) is 0 Å². The van der Waals surface area contributed by atoms with Crippen LogP contribution in [0.15, 0.2) is 60.9 Å². The van der Waals surface area contributed by atoms with Gasteiger partial charge in [-0.2, -0.15) is 0 Å². The van der Waals surface area contributed by atoms with Gasteiger partial charge in [0.1, 0.15) is 0 Å². The summed E-state index contributed by atoms with van der Waals surface area (Å²) in [7, 11) is 6.75. The molecule has 2 aromatic rings. The lowest BCUT2D eigenvalue weighted by Gasteiger charge is -2.25. The van der Waals surface area contributed by atoms with Gasteiger partial charge in [0.2, 0.25) is 0 Å². The number of rotatable bonds is 18. The third kappa shape index (κ3) is 16.5. The predicted octanol–water partition coefficient (Wildman–Crippen LogP) is 1.77. The minimum atomic E-state index is 0. The predicted molar refractivity (Wildman–Crippen MR) is 159 cm³/mol. The van der Waals surface area contributed by atoms with Crippen LogP contribution in [0.5, 0.6) is 0 Å². The maximum absolute atomic E-state index is 2.60. The number of halogens is 2. The summed E-state index contributed by atoms with van der Waals surface area (Å²) in [5, 5.41) is 0. The van der Waals surface area contributed by atoms with Crippen LogP contribution in [0.4, 0.5) is 5.69 Å². The number of benzene rings is 1. The van der Waals surface area contributed by atoms with Gasteiger partial charge in [-0.3, -0.25) is 0 Å². The molecule has 0 N–H and O–H groups in total. The van der Waals surface area contributed by atoms with E-state index in [-0.39, 0.29) is 34.0 Å². The Labute approximate surface area is 255 Å². The highest BCUT2D eigenvalue weighted by molar-refractivity contribution is 5.59. The third-order valence-corrected chi connectivity index (χ3v) is 6.67. The van der Waals surface area contributed by atoms with Crippen molar-refractivity contribution in [3.8, 4) is 0 Å². The van der Waals surface area contributed by atoms with Crippen molar-refractivity contribution < 1.29 is 43.0 Å². The second kappa shape index (κ2) is 21.4. The van der Waals surface area contributed by atoms with Crippen molar-refractivity contribution in [3.05, 3.63) is 72.1 Å². The molecule has 0 unspecified atom stereocenters. The molecule has 0 saturated carbocycles. The number of aromatic nitrogens is 1. The average Bonchev–Trinajstić information content (AvgIpc) is 2.86. The highest BCUT2D eigenvalue weighted by Gasteiger charge is 2.09. The number of allylic oxidation sites excluding steroid dienone is 2. The zero-order chi connectivity index (χ0) is 26.1. The molecule has 0 aliphatic heterocycles. The van der Waals surface area contributed by atoms with E-state index in [1.807, 2.05) is 0 Å². The molecular formula is C33H53Br2N3. The van der Waals surface area contributed by atoms with E-state index in [0.29, 0.717) is 0 Å². The Hall–Kier alpha value is -1.43. The molecule has 0 amide bonds. The molecule has 5 heteroatoms. The van der Waals surface area contributed by atoms with Crippen LogP contribution in [0.3, 0.4) is 0 Å². The van der Waals surface area contributed by atoms with Gasteiger partial charge in [0.05, 0.1) is 34.1 Å². The van der Waals surface area contributed by atoms with Gasteiger partial charge >= 0.3 is 0 Å². The smallest absolute Gasteiger partial charge is 0.169 e. The van der Waals surface area contributed by atoms with Gasteiger partial charge in [-0.1, -0.05) is 88.8 Å². The Morgan fingerprint density at radius 3 is 1.63 bits per heavy atom. The summed E-state index contributed by atoms with van der Waals surface area (Å²) in [6.45, 7) is 9.19. The number of hydrogen-bond donors (Lipinski definition) is 0. The number of hydrogen-bond acceptors (Lipinski definition) is 1. The summed E-state index contributed by atoms with van der Waals surface area (Å²) in [6, 6.07) is 13.5. The third-order valence-electron chi connectivity index (χ3n) is 6.67. The van der Waals surface area contributed by atoms with Gasteiger partial charge in [0.15, 0.2) is 18.9 Å². The highest BCUT2D eigenvalue weighted by Crippen LogP contribution is 2.19. The lowest BCUT2D eigenvalue weighted by molar-refractivity contribution is -0.873. The molecule has 0 saturated heterocycles. The Morgan fingerprint density at radius 1 is 0.658 bits per heavy atom. The van der Waals surface area contributed by atoms with Gasteiger partial charge in [0, 0.05) is 30.9 Å². The van der Waals surface area contributed by atoms with E-state index >= 15 is 0 Å². The molecule has 0 fully saturated rings. The van der Waals surface area contributed by atoms with Crippen LogP contribution in [0.1, 0.15) is 82.8 Å². The van der Waals surface area contributed by atoms with Crippen LogP contribution >= 0.6 is 0 Å². The maximum atomic E-state index is 2.60. The molecule has 2 rings (SSSR count). The van der Waals surface area contributed by atoms with Crippen molar-refractivity contribution in [1.82, 2.24) is 0 Å². The lowest BCUT2D eigenvalue weighted by atomic mass is 10.1. The van der Waals surface area contributed by atoms with Crippen molar-refractivity contribution in [2.75, 3.05) is 45.7 Å². The number of pyridine rings is 1. The van der Waals surface area contributed by atoms with Gasteiger partial charge in [0.25, 0.3) is 0 Å². The van der Waals surface area contributed by atoms with E-state index in [1.54, 1.807) is 0 Å². The standard InChI is InChI=1S/C33H53N3.2BrH/c1-6-8-10-14-26-35(27-15-11-9-7-2)33-21-19-31(20-22-33)17-12-13-18-32-23-28-34(29-24-32)25-16-30-36(3,4)5;;/h12-13,17-24,28-29H,6-11,14-16,25-27,30H2,1-5H3;2*1H/q+2;;/p-2. The molecule has 214 valence electrons. The summed E-state index contributed by atoms with van der Waals surface area (Å²) in [5.41, 5.74) is 3.86. The zero-order valence-corrected chi connectivity index (χ0v) is 27.9. The minimum Gasteiger partial charge on any atom is -1.00 e. The van der Waals surface area contributed by atoms with E-state index in [2.05, 4.69) is 118 Å². The minimum absolute atomic E-state index is 0. The second-order valence-electron chi connectivity index (χ2n) is 11.2. The molecule has 0 bridgehead atoms. The monoisotopic (exact) mass is 649 g/mol. The summed E-state index contributed by atoms with van der Waals surface area (Å²) >= 11 is 0. The molecule has 1 aromatic heterocycles. The maximum Gasteiger partial charge on any atom is 0.169 e. The topological polar surface area (TPSA) is 7.12 Å². The fourth-order valence-corrected chi connectivity index (χ4v) is 4.42. The largest absolute Gasteiger partial charge is 1.00 e. The molecule has 0 aliphatic rings. The molecule has 3 nitrogen and oxygen atoms in total. The molecule has 38 heavy (non-hydrogen) atoms. The molecule has 1 aromatic carbocycles. The van der Waals surface area contributed by atoms with E-state index in [0.717, 1.165) is 11.0 Å². The van der Waals surface area contributed by atoms with Gasteiger partial charge in [-0.05, 0) is 36.1 Å². The van der Waals surface area contributed by atoms with Gasteiger partial charge < -0.3 is 43.3 Å². The molecule has 0 aliphatic carbocycles. The summed E-state index contributed by atoms with van der Waals surface area (Å²) in [6.07, 6.45) is 24.8. The number of quaternary nitrogens is 1. The summed E-state index contributed by atoms with van der Waals surface area (Å²) < 4.78 is 3.30. The number of unbranched alkanes of at least 4 members (excludes halogenated alkanes) is 6. The lowest BCUT2D eigenvalue weighted by Crippen LogP contribution is -3.00. The number of anilines is 1. The Morgan fingerprint density at radius 2 is 1.16 bits per heavy atom. The van der Waals surface area contributed by atoms with Gasteiger partial charge in [-0.15, -0.1) is 0 Å². The SMILES string of the molecule is CCCCCCN(CCCCCC)c1ccc(/C=C/C=C/c2cc[n+](CCC[N+](C)(C)C)cc2)cc1.[Br-].[Br-]. The Balaban J connectivity index is 0.00000684. The van der Waals surface area contributed by atoms with Crippen LogP contribution in [0.2, 0.25) is 0 Å². The quantitative estimate of drug-likeness (QED) is 0.103. The fraction of sp³-hybridized carbons (Fsp3) is 0.545. The van der Waals surface area contributed by atoms with Crippen LogP contribution in [-0.2, 0) is 6.54 Å². The summed E-state index contributed by atoms with van der Waals surface area (Å²) in [4.78, 5) is 2.60. The average molecular weight is 652 g/mol. The fourth-order valence-electron chi connectivity index (χ4n) is 4.42. The summed E-state index contributed by atoms with van der Waals surface area (Å²) in [5.74, 6) is 0. The van der Waals surface area contributed by atoms with Crippen LogP contribution in [0, 0.1) is 0 Å². The van der Waals surface area contributed by atoms with Gasteiger partial charge in [-0.25, -0.2) is 4.57 Å². The van der Waals surface area contributed by atoms with E-state index in [1.165, 1.54) is 94.2 Å². The second-order valence-corrected chi connectivity index (χ2v) is 11.2. The molecular weight excluding hydrogens is 598 g/mol. The Kier molecular flexibility index (Phi) is 20.6. The van der Waals surface area contributed by atoms with Crippen molar-refractivity contribution in [2.24, 2.45) is 0 Å². The first-order valence-electron chi connectivity index (χ1n) is 14.4. The number of aryl methyl sites for hydroxylation is 1. The van der Waals surface area contributed by atoms with E-state index in [4.69, 9.17) is 0 Å². The van der Waals surface area contributed by atoms with Crippen molar-refractivity contribution in [2.45, 2.75) is 78.2 Å². The van der Waals surface area contributed by atoms with Crippen molar-refractivity contribution in [3.63, 3.8) is 0 Å². The van der Waals surface area contributed by atoms with E-state index in [9.17, 15) is 0 Å². The van der Waals surface area contributed by atoms with E-state index < -0.39 is 0 Å². The first-order valence-corrected chi connectivity index (χ1v) is 14.4. The van der Waals surface area contributed by atoms with Crippen LogP contribution in [0.25, 0.3) is 12.2 Å². The molecule has 0 spiro atoms. The molecule has 0 radical (unpaired) electrons. The molecule has 1 heterocycles. The first kappa shape index (κ1) is 36.6. The van der Waals surface area contributed by atoms with Crippen molar-refractivity contribution >= 4 is 17.8 Å². The Bertz CT molecular complexity index is 872. The highest BCUT2D eigenvalue weighted by atomic mass is 79.9.